The second-order valence-corrected chi connectivity index (χ2v) is 7.98. The van der Waals surface area contributed by atoms with Crippen molar-refractivity contribution in [3.05, 3.63) is 75.2 Å². The first-order valence-corrected chi connectivity index (χ1v) is 10.9. The zero-order valence-electron chi connectivity index (χ0n) is 17.3. The second kappa shape index (κ2) is 10.5. The largest absolute Gasteiger partial charge is 0.488 e. The molecule has 3 aromatic rings. The molecule has 0 fully saturated rings. The number of halogens is 3. The maximum atomic E-state index is 14.4. The number of ether oxygens (including phenoxy) is 2. The van der Waals surface area contributed by atoms with Crippen LogP contribution in [-0.2, 0) is 29.0 Å². The maximum absolute atomic E-state index is 14.4. The van der Waals surface area contributed by atoms with E-state index in [0.717, 1.165) is 35.5 Å². The summed E-state index contributed by atoms with van der Waals surface area (Å²) in [5.74, 6) is -2.11. The Morgan fingerprint density at radius 1 is 1.00 bits per heavy atom. The topological polar surface area (TPSA) is 35.5 Å². The van der Waals surface area contributed by atoms with Crippen molar-refractivity contribution in [2.45, 2.75) is 39.7 Å². The van der Waals surface area contributed by atoms with Gasteiger partial charge in [0, 0.05) is 29.7 Å². The SMILES string of the molecule is CCOC(=O)CCc1c(F)cc(OCc2sc(F)cc2-c2ccc(CC)cc2)cc1F. The average Bonchev–Trinajstić information content (AvgIpc) is 3.12. The lowest BCUT2D eigenvalue weighted by atomic mass is 10.0. The fourth-order valence-corrected chi connectivity index (χ4v) is 4.00. The normalized spacial score (nSPS) is 10.9. The minimum atomic E-state index is -0.799. The molecule has 3 rings (SSSR count). The van der Waals surface area contributed by atoms with Gasteiger partial charge in [0.25, 0.3) is 0 Å². The van der Waals surface area contributed by atoms with Crippen molar-refractivity contribution >= 4 is 17.3 Å². The molecular formula is C24H23F3O3S. The molecule has 0 saturated carbocycles. The molecule has 0 aliphatic heterocycles. The summed E-state index contributed by atoms with van der Waals surface area (Å²) in [5.41, 5.74) is 2.52. The molecule has 7 heteroatoms. The Hall–Kier alpha value is -2.80. The summed E-state index contributed by atoms with van der Waals surface area (Å²) in [6, 6.07) is 11.4. The van der Waals surface area contributed by atoms with E-state index >= 15 is 0 Å². The van der Waals surface area contributed by atoms with Gasteiger partial charge >= 0.3 is 5.97 Å². The Kier molecular flexibility index (Phi) is 7.74. The fraction of sp³-hybridized carbons (Fsp3) is 0.292. The Labute approximate surface area is 183 Å². The summed E-state index contributed by atoms with van der Waals surface area (Å²) in [6.45, 7) is 3.90. The lowest BCUT2D eigenvalue weighted by molar-refractivity contribution is -0.143. The molecule has 1 heterocycles. The smallest absolute Gasteiger partial charge is 0.306 e. The van der Waals surface area contributed by atoms with Crippen molar-refractivity contribution in [2.75, 3.05) is 6.61 Å². The molecular weight excluding hydrogens is 425 g/mol. The first-order valence-electron chi connectivity index (χ1n) is 10.0. The highest BCUT2D eigenvalue weighted by molar-refractivity contribution is 7.10. The Morgan fingerprint density at radius 2 is 1.68 bits per heavy atom. The van der Waals surface area contributed by atoms with Crippen LogP contribution in [0.5, 0.6) is 5.75 Å². The molecule has 3 nitrogen and oxygen atoms in total. The van der Waals surface area contributed by atoms with Gasteiger partial charge < -0.3 is 9.47 Å². The van der Waals surface area contributed by atoms with Gasteiger partial charge in [0.05, 0.1) is 11.5 Å². The monoisotopic (exact) mass is 448 g/mol. The zero-order chi connectivity index (χ0) is 22.4. The van der Waals surface area contributed by atoms with E-state index in [-0.39, 0.29) is 42.5 Å². The van der Waals surface area contributed by atoms with Crippen LogP contribution in [0.15, 0.2) is 42.5 Å². The Balaban J connectivity index is 1.72. The summed E-state index contributed by atoms with van der Waals surface area (Å²) >= 11 is 0.935. The predicted octanol–water partition coefficient (Wildman–Crippen LogP) is 6.47. The van der Waals surface area contributed by atoms with Crippen molar-refractivity contribution in [1.29, 1.82) is 0 Å². The third kappa shape index (κ3) is 5.88. The number of carbonyl (C=O) groups excluding carboxylic acids is 1. The highest BCUT2D eigenvalue weighted by atomic mass is 32.1. The van der Waals surface area contributed by atoms with Crippen LogP contribution in [0.2, 0.25) is 0 Å². The first-order chi connectivity index (χ1) is 14.9. The molecule has 164 valence electrons. The summed E-state index contributed by atoms with van der Waals surface area (Å²) in [5, 5.41) is -0.361. The van der Waals surface area contributed by atoms with Gasteiger partial charge in [0.1, 0.15) is 24.0 Å². The summed E-state index contributed by atoms with van der Waals surface area (Å²) < 4.78 is 53.0. The van der Waals surface area contributed by atoms with Crippen molar-refractivity contribution in [3.63, 3.8) is 0 Å². The van der Waals surface area contributed by atoms with Crippen molar-refractivity contribution in [2.24, 2.45) is 0 Å². The predicted molar refractivity (Wildman–Crippen MR) is 115 cm³/mol. The number of rotatable bonds is 9. The molecule has 0 atom stereocenters. The van der Waals surface area contributed by atoms with Crippen molar-refractivity contribution in [1.82, 2.24) is 0 Å². The number of benzene rings is 2. The van der Waals surface area contributed by atoms with E-state index in [0.29, 0.717) is 10.4 Å². The number of thiophene rings is 1. The van der Waals surface area contributed by atoms with Crippen LogP contribution in [0.4, 0.5) is 13.2 Å². The van der Waals surface area contributed by atoms with Crippen LogP contribution in [0.3, 0.4) is 0 Å². The van der Waals surface area contributed by atoms with E-state index in [2.05, 4.69) is 6.92 Å². The van der Waals surface area contributed by atoms with Gasteiger partial charge in [0.15, 0.2) is 5.13 Å². The molecule has 0 radical (unpaired) electrons. The minimum Gasteiger partial charge on any atom is -0.488 e. The van der Waals surface area contributed by atoms with Gasteiger partial charge in [-0.25, -0.2) is 8.78 Å². The Morgan fingerprint density at radius 3 is 2.29 bits per heavy atom. The van der Waals surface area contributed by atoms with E-state index < -0.39 is 17.6 Å². The molecule has 31 heavy (non-hydrogen) atoms. The van der Waals surface area contributed by atoms with E-state index in [1.807, 2.05) is 24.3 Å². The second-order valence-electron chi connectivity index (χ2n) is 6.90. The number of carbonyl (C=O) groups is 1. The van der Waals surface area contributed by atoms with Crippen LogP contribution < -0.4 is 4.74 Å². The van der Waals surface area contributed by atoms with Crippen LogP contribution in [0.1, 0.15) is 36.3 Å². The molecule has 0 saturated heterocycles. The molecule has 0 N–H and O–H groups in total. The molecule has 1 aromatic heterocycles. The zero-order valence-corrected chi connectivity index (χ0v) is 18.2. The minimum absolute atomic E-state index is 0.00373. The van der Waals surface area contributed by atoms with E-state index in [9.17, 15) is 18.0 Å². The lowest BCUT2D eigenvalue weighted by Gasteiger charge is -2.11. The molecule has 0 spiro atoms. The number of hydrogen-bond acceptors (Lipinski definition) is 4. The summed E-state index contributed by atoms with van der Waals surface area (Å²) in [7, 11) is 0. The maximum Gasteiger partial charge on any atom is 0.306 e. The number of esters is 1. The third-order valence-corrected chi connectivity index (χ3v) is 5.72. The molecule has 0 amide bonds. The van der Waals surface area contributed by atoms with Gasteiger partial charge in [-0.3, -0.25) is 4.79 Å². The van der Waals surface area contributed by atoms with Crippen molar-refractivity contribution < 1.29 is 27.4 Å². The van der Waals surface area contributed by atoms with E-state index in [1.54, 1.807) is 6.92 Å². The van der Waals surface area contributed by atoms with Gasteiger partial charge in [-0.1, -0.05) is 31.2 Å². The summed E-state index contributed by atoms with van der Waals surface area (Å²) in [6.07, 6.45) is 0.683. The van der Waals surface area contributed by atoms with Gasteiger partial charge in [-0.2, -0.15) is 4.39 Å². The lowest BCUT2D eigenvalue weighted by Crippen LogP contribution is -2.07. The highest BCUT2D eigenvalue weighted by Gasteiger charge is 2.16. The van der Waals surface area contributed by atoms with Crippen LogP contribution in [0.25, 0.3) is 11.1 Å². The average molecular weight is 449 g/mol. The Bertz CT molecular complexity index is 1020. The van der Waals surface area contributed by atoms with E-state index in [1.165, 1.54) is 11.6 Å². The highest BCUT2D eigenvalue weighted by Crippen LogP contribution is 2.32. The van der Waals surface area contributed by atoms with Gasteiger partial charge in [-0.05, 0) is 37.0 Å². The molecule has 0 aliphatic rings. The number of hydrogen-bond donors (Lipinski definition) is 0. The fourth-order valence-electron chi connectivity index (χ4n) is 3.18. The van der Waals surface area contributed by atoms with Crippen LogP contribution >= 0.6 is 11.3 Å². The number of aryl methyl sites for hydroxylation is 1. The molecule has 2 aromatic carbocycles. The van der Waals surface area contributed by atoms with E-state index in [4.69, 9.17) is 9.47 Å². The standard InChI is InChI=1S/C24H23F3O3S/c1-3-15-5-7-16(8-6-15)19-13-23(27)31-22(19)14-30-17-11-20(25)18(21(26)12-17)9-10-24(28)29-4-2/h5-8,11-13H,3-4,9-10,14H2,1-2H3. The van der Waals surface area contributed by atoms with Crippen LogP contribution in [-0.4, -0.2) is 12.6 Å². The summed E-state index contributed by atoms with van der Waals surface area (Å²) in [4.78, 5) is 12.1. The molecule has 0 aliphatic carbocycles. The van der Waals surface area contributed by atoms with Gasteiger partial charge in [-0.15, -0.1) is 11.3 Å². The molecule has 0 bridgehead atoms. The van der Waals surface area contributed by atoms with Gasteiger partial charge in [0.2, 0.25) is 0 Å². The van der Waals surface area contributed by atoms with Crippen LogP contribution in [0, 0.1) is 16.8 Å². The quantitative estimate of drug-likeness (QED) is 0.352. The molecule has 0 unspecified atom stereocenters. The third-order valence-electron chi connectivity index (χ3n) is 4.82. The first kappa shape index (κ1) is 22.9. The van der Waals surface area contributed by atoms with Crippen molar-refractivity contribution in [3.8, 4) is 16.9 Å².